The van der Waals surface area contributed by atoms with E-state index in [1.807, 2.05) is 12.3 Å². The molecule has 0 bridgehead atoms. The minimum atomic E-state index is -3.36. The third-order valence-corrected chi connectivity index (χ3v) is 5.87. The van der Waals surface area contributed by atoms with Crippen LogP contribution >= 0.6 is 11.3 Å². The van der Waals surface area contributed by atoms with E-state index in [0.717, 1.165) is 54.2 Å². The summed E-state index contributed by atoms with van der Waals surface area (Å²) in [7, 11) is -3.36. The van der Waals surface area contributed by atoms with E-state index >= 15 is 0 Å². The SMILES string of the molecule is Cc1nc2sccn2c1CN1CCc2nc(S(C)(=O)=O)ncc2C1. The molecule has 0 atom stereocenters. The molecule has 0 unspecified atom stereocenters. The van der Waals surface area contributed by atoms with Crippen molar-refractivity contribution in [2.75, 3.05) is 12.8 Å². The molecular formula is C15H17N5O2S2. The Bertz CT molecular complexity index is 1020. The zero-order chi connectivity index (χ0) is 16.9. The Balaban J connectivity index is 1.58. The van der Waals surface area contributed by atoms with Crippen LogP contribution in [0.1, 0.15) is 22.6 Å². The van der Waals surface area contributed by atoms with Crippen LogP contribution in [0.4, 0.5) is 0 Å². The van der Waals surface area contributed by atoms with Gasteiger partial charge in [-0.25, -0.2) is 23.4 Å². The summed E-state index contributed by atoms with van der Waals surface area (Å²) in [6.07, 6.45) is 5.56. The summed E-state index contributed by atoms with van der Waals surface area (Å²) in [5, 5.41) is 1.96. The smallest absolute Gasteiger partial charge is 0.246 e. The second-order valence-electron chi connectivity index (χ2n) is 6.06. The largest absolute Gasteiger partial charge is 0.293 e. The predicted molar refractivity (Wildman–Crippen MR) is 90.8 cm³/mol. The zero-order valence-corrected chi connectivity index (χ0v) is 15.1. The van der Waals surface area contributed by atoms with Crippen molar-refractivity contribution in [3.8, 4) is 0 Å². The molecule has 0 saturated carbocycles. The van der Waals surface area contributed by atoms with E-state index in [-0.39, 0.29) is 5.16 Å². The van der Waals surface area contributed by atoms with Crippen LogP contribution in [0.15, 0.2) is 22.9 Å². The van der Waals surface area contributed by atoms with E-state index in [9.17, 15) is 8.42 Å². The summed E-state index contributed by atoms with van der Waals surface area (Å²) in [5.41, 5.74) is 4.09. The molecule has 3 aromatic rings. The second kappa shape index (κ2) is 5.61. The fraction of sp³-hybridized carbons (Fsp3) is 0.400. The summed E-state index contributed by atoms with van der Waals surface area (Å²) in [5.74, 6) is 0. The number of nitrogens with zero attached hydrogens (tertiary/aromatic N) is 5. The number of fused-ring (bicyclic) bond motifs is 2. The van der Waals surface area contributed by atoms with Crippen LogP contribution in [0.5, 0.6) is 0 Å². The molecule has 0 amide bonds. The fourth-order valence-corrected chi connectivity index (χ4v) is 4.31. The Labute approximate surface area is 143 Å². The van der Waals surface area contributed by atoms with E-state index in [0.29, 0.717) is 0 Å². The number of rotatable bonds is 3. The molecule has 0 saturated heterocycles. The minimum absolute atomic E-state index is 0.0821. The number of hydrogen-bond acceptors (Lipinski definition) is 7. The maximum atomic E-state index is 11.6. The Morgan fingerprint density at radius 3 is 2.96 bits per heavy atom. The molecule has 0 radical (unpaired) electrons. The van der Waals surface area contributed by atoms with Crippen LogP contribution in [0.25, 0.3) is 4.96 Å². The van der Waals surface area contributed by atoms with Crippen molar-refractivity contribution >= 4 is 26.1 Å². The first kappa shape index (κ1) is 15.7. The van der Waals surface area contributed by atoms with Crippen molar-refractivity contribution < 1.29 is 8.42 Å². The highest BCUT2D eigenvalue weighted by Gasteiger charge is 2.22. The molecule has 24 heavy (non-hydrogen) atoms. The Morgan fingerprint density at radius 1 is 1.33 bits per heavy atom. The predicted octanol–water partition coefficient (Wildman–Crippen LogP) is 1.46. The highest BCUT2D eigenvalue weighted by Crippen LogP contribution is 2.22. The van der Waals surface area contributed by atoms with Gasteiger partial charge in [0.1, 0.15) is 0 Å². The summed E-state index contributed by atoms with van der Waals surface area (Å²) in [6.45, 7) is 4.39. The lowest BCUT2D eigenvalue weighted by Gasteiger charge is -2.27. The molecule has 4 rings (SSSR count). The maximum Gasteiger partial charge on any atom is 0.246 e. The number of hydrogen-bond donors (Lipinski definition) is 0. The van der Waals surface area contributed by atoms with Crippen molar-refractivity contribution in [1.82, 2.24) is 24.3 Å². The second-order valence-corrected chi connectivity index (χ2v) is 8.84. The van der Waals surface area contributed by atoms with Crippen molar-refractivity contribution in [2.45, 2.75) is 31.6 Å². The standard InChI is InChI=1S/C15H17N5O2S2/c1-10-13(20-5-6-23-15(20)17-10)9-19-4-3-12-11(8-19)7-16-14(18-12)24(2,21)22/h5-7H,3-4,8-9H2,1-2H3. The van der Waals surface area contributed by atoms with Crippen molar-refractivity contribution in [1.29, 1.82) is 0 Å². The third-order valence-electron chi connectivity index (χ3n) is 4.26. The van der Waals surface area contributed by atoms with Crippen LogP contribution in [0, 0.1) is 6.92 Å². The monoisotopic (exact) mass is 363 g/mol. The lowest BCUT2D eigenvalue weighted by molar-refractivity contribution is 0.238. The van der Waals surface area contributed by atoms with E-state index in [1.54, 1.807) is 17.5 Å². The Morgan fingerprint density at radius 2 is 2.17 bits per heavy atom. The number of aryl methyl sites for hydroxylation is 1. The molecular weight excluding hydrogens is 346 g/mol. The first-order chi connectivity index (χ1) is 11.4. The molecule has 0 aromatic carbocycles. The van der Waals surface area contributed by atoms with Gasteiger partial charge in [0.2, 0.25) is 15.0 Å². The van der Waals surface area contributed by atoms with Crippen molar-refractivity contribution in [2.24, 2.45) is 0 Å². The number of sulfone groups is 1. The van der Waals surface area contributed by atoms with Gasteiger partial charge in [-0.3, -0.25) is 9.30 Å². The van der Waals surface area contributed by atoms with Gasteiger partial charge in [-0.15, -0.1) is 11.3 Å². The normalized spacial score (nSPS) is 15.8. The van der Waals surface area contributed by atoms with Crippen LogP contribution in [-0.2, 0) is 29.3 Å². The molecule has 7 nitrogen and oxygen atoms in total. The average Bonchev–Trinajstić information content (AvgIpc) is 3.08. The first-order valence-corrected chi connectivity index (χ1v) is 10.4. The van der Waals surface area contributed by atoms with Crippen molar-refractivity contribution in [3.63, 3.8) is 0 Å². The fourth-order valence-electron chi connectivity index (χ4n) is 3.01. The number of aromatic nitrogens is 4. The van der Waals surface area contributed by atoms with Gasteiger partial charge in [-0.05, 0) is 6.92 Å². The molecule has 1 aliphatic heterocycles. The van der Waals surface area contributed by atoms with Crippen LogP contribution in [0.3, 0.4) is 0 Å². The van der Waals surface area contributed by atoms with E-state index in [4.69, 9.17) is 0 Å². The highest BCUT2D eigenvalue weighted by atomic mass is 32.2. The van der Waals surface area contributed by atoms with Crippen LogP contribution < -0.4 is 0 Å². The number of thiazole rings is 1. The molecule has 126 valence electrons. The van der Waals surface area contributed by atoms with Gasteiger partial charge in [0.25, 0.3) is 0 Å². The summed E-state index contributed by atoms with van der Waals surface area (Å²) in [6, 6.07) is 0. The lowest BCUT2D eigenvalue weighted by atomic mass is 10.1. The molecule has 9 heteroatoms. The highest BCUT2D eigenvalue weighted by molar-refractivity contribution is 7.90. The van der Waals surface area contributed by atoms with Gasteiger partial charge >= 0.3 is 0 Å². The van der Waals surface area contributed by atoms with Gasteiger partial charge in [-0.2, -0.15) is 0 Å². The zero-order valence-electron chi connectivity index (χ0n) is 13.4. The summed E-state index contributed by atoms with van der Waals surface area (Å²) < 4.78 is 25.3. The van der Waals surface area contributed by atoms with Crippen LogP contribution in [0.2, 0.25) is 0 Å². The quantitative estimate of drug-likeness (QED) is 0.656. The van der Waals surface area contributed by atoms with Crippen LogP contribution in [-0.4, -0.2) is 45.5 Å². The molecule has 1 aliphatic rings. The topological polar surface area (TPSA) is 80.5 Å². The Kier molecular flexibility index (Phi) is 3.66. The van der Waals surface area contributed by atoms with Gasteiger partial charge in [-0.1, -0.05) is 0 Å². The maximum absolute atomic E-state index is 11.6. The molecule has 4 heterocycles. The molecule has 0 aliphatic carbocycles. The van der Waals surface area contributed by atoms with E-state index in [1.165, 1.54) is 5.69 Å². The third kappa shape index (κ3) is 2.72. The van der Waals surface area contributed by atoms with E-state index in [2.05, 4.69) is 30.4 Å². The molecule has 0 fully saturated rings. The van der Waals surface area contributed by atoms with Gasteiger partial charge < -0.3 is 0 Å². The molecule has 0 N–H and O–H groups in total. The summed E-state index contributed by atoms with van der Waals surface area (Å²) >= 11 is 1.63. The minimum Gasteiger partial charge on any atom is -0.293 e. The Hall–Kier alpha value is -1.84. The van der Waals surface area contributed by atoms with Gasteiger partial charge in [0, 0.05) is 55.6 Å². The summed E-state index contributed by atoms with van der Waals surface area (Å²) in [4.78, 5) is 16.2. The van der Waals surface area contributed by atoms with E-state index < -0.39 is 9.84 Å². The molecule has 0 spiro atoms. The van der Waals surface area contributed by atoms with Gasteiger partial charge in [0.05, 0.1) is 17.1 Å². The number of imidazole rings is 1. The lowest BCUT2D eigenvalue weighted by Crippen LogP contribution is -2.31. The van der Waals surface area contributed by atoms with Gasteiger partial charge in [0.15, 0.2) is 4.96 Å². The molecule has 3 aromatic heterocycles. The first-order valence-electron chi connectivity index (χ1n) is 7.60. The average molecular weight is 363 g/mol. The van der Waals surface area contributed by atoms with Crippen molar-refractivity contribution in [3.05, 3.63) is 40.4 Å².